The number of nitrogen functional groups attached to an aromatic ring is 1. The van der Waals surface area contributed by atoms with E-state index in [0.717, 1.165) is 42.9 Å². The highest BCUT2D eigenvalue weighted by atomic mass is 35.5. The SMILES string of the molecule is Cc1[nH]c(C=C2C(=O)N(Cc3cc(C(F)(F)F)ccn3)c3nc(N)nc(Cl)c32)c(C)c1C(=O)NCCN1CCCC1. The zero-order chi connectivity index (χ0) is 29.5. The number of carbonyl (C=O) groups is 2. The van der Waals surface area contributed by atoms with Gasteiger partial charge in [0.15, 0.2) is 5.82 Å². The minimum absolute atomic E-state index is 0.00605. The Balaban J connectivity index is 1.45. The fourth-order valence-corrected chi connectivity index (χ4v) is 5.50. The third-order valence-corrected chi connectivity index (χ3v) is 7.51. The Bertz CT molecular complexity index is 1550. The molecule has 5 heterocycles. The topological polar surface area (TPSA) is 133 Å². The lowest BCUT2D eigenvalue weighted by molar-refractivity contribution is -0.137. The van der Waals surface area contributed by atoms with E-state index in [4.69, 9.17) is 17.3 Å². The van der Waals surface area contributed by atoms with Gasteiger partial charge < -0.3 is 20.9 Å². The van der Waals surface area contributed by atoms with Crippen molar-refractivity contribution in [1.29, 1.82) is 0 Å². The maximum atomic E-state index is 13.7. The zero-order valence-electron chi connectivity index (χ0n) is 22.4. The number of aryl methyl sites for hydroxylation is 1. The van der Waals surface area contributed by atoms with Crippen molar-refractivity contribution in [3.05, 3.63) is 62.8 Å². The minimum atomic E-state index is -4.58. The first-order chi connectivity index (χ1) is 19.4. The Morgan fingerprint density at radius 3 is 2.68 bits per heavy atom. The Morgan fingerprint density at radius 2 is 1.98 bits per heavy atom. The second-order valence-corrected chi connectivity index (χ2v) is 10.4. The summed E-state index contributed by atoms with van der Waals surface area (Å²) in [6.07, 6.45) is 0.321. The summed E-state index contributed by atoms with van der Waals surface area (Å²) in [6, 6.07) is 1.72. The summed E-state index contributed by atoms with van der Waals surface area (Å²) in [5.41, 5.74) is 7.36. The number of H-pyrrole nitrogens is 1. The summed E-state index contributed by atoms with van der Waals surface area (Å²) in [7, 11) is 0. The molecule has 0 atom stereocenters. The van der Waals surface area contributed by atoms with E-state index in [0.29, 0.717) is 29.1 Å². The van der Waals surface area contributed by atoms with Gasteiger partial charge in [-0.05, 0) is 63.6 Å². The molecule has 2 aliphatic heterocycles. The number of alkyl halides is 3. The molecule has 0 bridgehead atoms. The van der Waals surface area contributed by atoms with Crippen molar-refractivity contribution >= 4 is 46.8 Å². The molecule has 3 aromatic heterocycles. The summed E-state index contributed by atoms with van der Waals surface area (Å²) >= 11 is 6.40. The second-order valence-electron chi connectivity index (χ2n) is 10.0. The molecule has 216 valence electrons. The average Bonchev–Trinajstić information content (AvgIpc) is 3.58. The fraction of sp³-hybridized carbons (Fsp3) is 0.370. The molecule has 2 amide bonds. The van der Waals surface area contributed by atoms with Crippen molar-refractivity contribution in [2.45, 2.75) is 39.4 Å². The highest BCUT2D eigenvalue weighted by Gasteiger charge is 2.38. The zero-order valence-corrected chi connectivity index (χ0v) is 23.2. The number of fused-ring (bicyclic) bond motifs is 1. The van der Waals surface area contributed by atoms with Crippen LogP contribution in [0.15, 0.2) is 18.3 Å². The monoisotopic (exact) mass is 588 g/mol. The lowest BCUT2D eigenvalue weighted by Gasteiger charge is -2.16. The maximum Gasteiger partial charge on any atom is 0.416 e. The van der Waals surface area contributed by atoms with E-state index in [-0.39, 0.29) is 46.2 Å². The van der Waals surface area contributed by atoms with Crippen LogP contribution in [0, 0.1) is 13.8 Å². The molecule has 0 spiro atoms. The lowest BCUT2D eigenvalue weighted by atomic mass is 10.1. The number of nitrogens with one attached hydrogen (secondary N) is 2. The van der Waals surface area contributed by atoms with Crippen LogP contribution in [0.5, 0.6) is 0 Å². The number of hydrogen-bond donors (Lipinski definition) is 3. The second kappa shape index (κ2) is 11.1. The first kappa shape index (κ1) is 28.6. The molecule has 10 nitrogen and oxygen atoms in total. The highest BCUT2D eigenvalue weighted by molar-refractivity contribution is 6.41. The van der Waals surface area contributed by atoms with Crippen LogP contribution in [0.3, 0.4) is 0 Å². The van der Waals surface area contributed by atoms with E-state index in [1.807, 2.05) is 0 Å². The molecule has 0 saturated carbocycles. The molecule has 5 rings (SSSR count). The number of hydrogen-bond acceptors (Lipinski definition) is 7. The van der Waals surface area contributed by atoms with Crippen molar-refractivity contribution < 1.29 is 22.8 Å². The molecule has 0 aliphatic carbocycles. The van der Waals surface area contributed by atoms with Gasteiger partial charge in [-0.3, -0.25) is 19.5 Å². The number of nitrogens with zero attached hydrogens (tertiary/aromatic N) is 5. The van der Waals surface area contributed by atoms with Crippen LogP contribution < -0.4 is 16.0 Å². The van der Waals surface area contributed by atoms with Crippen LogP contribution in [0.25, 0.3) is 11.6 Å². The van der Waals surface area contributed by atoms with Crippen molar-refractivity contribution in [1.82, 2.24) is 30.2 Å². The van der Waals surface area contributed by atoms with Gasteiger partial charge in [-0.1, -0.05) is 11.6 Å². The number of halogens is 4. The molecule has 0 aromatic carbocycles. The van der Waals surface area contributed by atoms with Crippen molar-refractivity contribution in [2.75, 3.05) is 36.8 Å². The molecule has 0 radical (unpaired) electrons. The van der Waals surface area contributed by atoms with Crippen LogP contribution in [0.4, 0.5) is 24.9 Å². The number of amides is 2. The molecule has 1 saturated heterocycles. The van der Waals surface area contributed by atoms with Crippen LogP contribution in [0.2, 0.25) is 5.15 Å². The van der Waals surface area contributed by atoms with Crippen molar-refractivity contribution in [3.8, 4) is 0 Å². The van der Waals surface area contributed by atoms with Gasteiger partial charge in [-0.2, -0.15) is 18.2 Å². The van der Waals surface area contributed by atoms with Gasteiger partial charge in [0.25, 0.3) is 11.8 Å². The molecule has 3 aromatic rings. The number of carbonyl (C=O) groups excluding carboxylic acids is 2. The van der Waals surface area contributed by atoms with Gasteiger partial charge in [0.05, 0.1) is 34.5 Å². The molecule has 4 N–H and O–H groups in total. The van der Waals surface area contributed by atoms with Gasteiger partial charge in [0.2, 0.25) is 5.95 Å². The number of aromatic nitrogens is 4. The van der Waals surface area contributed by atoms with Crippen molar-refractivity contribution in [3.63, 3.8) is 0 Å². The van der Waals surface area contributed by atoms with Gasteiger partial charge in [0, 0.05) is 30.7 Å². The lowest BCUT2D eigenvalue weighted by Crippen LogP contribution is -2.33. The molecule has 41 heavy (non-hydrogen) atoms. The van der Waals surface area contributed by atoms with Gasteiger partial charge in [-0.25, -0.2) is 4.98 Å². The molecule has 2 aliphatic rings. The van der Waals surface area contributed by atoms with Crippen LogP contribution >= 0.6 is 11.6 Å². The van der Waals surface area contributed by atoms with Crippen molar-refractivity contribution in [2.24, 2.45) is 0 Å². The minimum Gasteiger partial charge on any atom is -0.368 e. The predicted molar refractivity (Wildman–Crippen MR) is 148 cm³/mol. The van der Waals surface area contributed by atoms with Gasteiger partial charge in [-0.15, -0.1) is 0 Å². The Kier molecular flexibility index (Phi) is 7.75. The number of aromatic amines is 1. The largest absolute Gasteiger partial charge is 0.416 e. The van der Waals surface area contributed by atoms with Crippen LogP contribution in [0.1, 0.15) is 57.0 Å². The standard InChI is InChI=1S/C27H28ClF3N8O2/c1-14-19(35-15(2)20(14)24(40)34-7-10-38-8-3-4-9-38)12-18-21-22(28)36-26(32)37-23(21)39(25(18)41)13-17-11-16(5-6-33-17)27(29,30)31/h5-6,11-12,35H,3-4,7-10,13H2,1-2H3,(H,34,40)(H2,32,36,37). The summed E-state index contributed by atoms with van der Waals surface area (Å²) in [5.74, 6) is -0.961. The molecule has 0 unspecified atom stereocenters. The van der Waals surface area contributed by atoms with E-state index in [1.54, 1.807) is 13.8 Å². The smallest absolute Gasteiger partial charge is 0.368 e. The number of likely N-dealkylation sites (tertiary alicyclic amines) is 1. The Labute approximate surface area is 238 Å². The van der Waals surface area contributed by atoms with E-state index < -0.39 is 17.6 Å². The molecular weight excluding hydrogens is 561 g/mol. The number of nitrogens with two attached hydrogens (primary N) is 1. The Morgan fingerprint density at radius 1 is 1.24 bits per heavy atom. The predicted octanol–water partition coefficient (Wildman–Crippen LogP) is 3.98. The first-order valence-corrected chi connectivity index (χ1v) is 13.4. The van der Waals surface area contributed by atoms with Gasteiger partial charge in [0.1, 0.15) is 5.15 Å². The third-order valence-electron chi connectivity index (χ3n) is 7.23. The van der Waals surface area contributed by atoms with E-state index >= 15 is 0 Å². The normalized spacial score (nSPS) is 16.6. The van der Waals surface area contributed by atoms with E-state index in [2.05, 4.69) is 30.2 Å². The highest BCUT2D eigenvalue weighted by Crippen LogP contribution is 2.42. The number of pyridine rings is 1. The Hall–Kier alpha value is -3.97. The number of rotatable bonds is 7. The van der Waals surface area contributed by atoms with Crippen LogP contribution in [-0.4, -0.2) is 62.8 Å². The van der Waals surface area contributed by atoms with Gasteiger partial charge >= 0.3 is 6.18 Å². The number of anilines is 2. The van der Waals surface area contributed by atoms with Crippen LogP contribution in [-0.2, 0) is 17.5 Å². The molecule has 1 fully saturated rings. The molecule has 14 heteroatoms. The average molecular weight is 589 g/mol. The third kappa shape index (κ3) is 5.77. The summed E-state index contributed by atoms with van der Waals surface area (Å²) in [5, 5.41) is 2.87. The first-order valence-electron chi connectivity index (χ1n) is 13.0. The maximum absolute atomic E-state index is 13.7. The quantitative estimate of drug-likeness (QED) is 0.281. The molecular formula is C27H28ClF3N8O2. The summed E-state index contributed by atoms with van der Waals surface area (Å²) < 4.78 is 39.8. The summed E-state index contributed by atoms with van der Waals surface area (Å²) in [4.78, 5) is 45.4. The van der Waals surface area contributed by atoms with E-state index in [9.17, 15) is 22.8 Å². The summed E-state index contributed by atoms with van der Waals surface area (Å²) in [6.45, 7) is 6.56. The van der Waals surface area contributed by atoms with E-state index in [1.165, 1.54) is 18.9 Å². The fourth-order valence-electron chi connectivity index (χ4n) is 5.22.